The molecule has 35 heavy (non-hydrogen) atoms. The van der Waals surface area contributed by atoms with Gasteiger partial charge in [-0.2, -0.15) is 0 Å². The summed E-state index contributed by atoms with van der Waals surface area (Å²) in [4.78, 5) is 24.8. The molecule has 0 atom stereocenters. The Morgan fingerprint density at radius 1 is 1.17 bits per heavy atom. The number of benzene rings is 1. The van der Waals surface area contributed by atoms with Crippen LogP contribution >= 0.6 is 0 Å². The van der Waals surface area contributed by atoms with E-state index < -0.39 is 0 Å². The Kier molecular flexibility index (Phi) is 7.92. The maximum Gasteiger partial charge on any atom is 0.236 e. The van der Waals surface area contributed by atoms with Crippen molar-refractivity contribution in [3.8, 4) is 11.3 Å². The van der Waals surface area contributed by atoms with Gasteiger partial charge in [0.25, 0.3) is 0 Å². The number of pyridine rings is 1. The van der Waals surface area contributed by atoms with Gasteiger partial charge in [0, 0.05) is 40.9 Å². The smallest absolute Gasteiger partial charge is 0.236 e. The third-order valence-electron chi connectivity index (χ3n) is 7.33. The quantitative estimate of drug-likeness (QED) is 0.480. The number of aryl methyl sites for hydroxylation is 2. The standard InChI is InChI=1S/C29H40N4O2/c1-6-33(13-14-34)27(35)18-32-11-9-22(10-12-32)23-7-8-26-25(17-23)28(19(2)3)29(31-26)24-15-20(4)30-21(5)16-24/h7-8,15-17,19,22,31,34H,6,9-14,18H2,1-5H3. The lowest BCUT2D eigenvalue weighted by atomic mass is 9.87. The number of aromatic nitrogens is 2. The highest BCUT2D eigenvalue weighted by Gasteiger charge is 2.25. The highest BCUT2D eigenvalue weighted by molar-refractivity contribution is 5.92. The number of rotatable bonds is 8. The van der Waals surface area contributed by atoms with Gasteiger partial charge in [-0.05, 0) is 93.9 Å². The number of aliphatic hydroxyl groups is 1. The molecular weight excluding hydrogens is 436 g/mol. The molecule has 2 N–H and O–H groups in total. The summed E-state index contributed by atoms with van der Waals surface area (Å²) in [6, 6.07) is 11.3. The van der Waals surface area contributed by atoms with Crippen molar-refractivity contribution in [2.24, 2.45) is 0 Å². The van der Waals surface area contributed by atoms with E-state index in [0.717, 1.165) is 37.3 Å². The number of piperidine rings is 1. The Morgan fingerprint density at radius 2 is 1.86 bits per heavy atom. The van der Waals surface area contributed by atoms with Crippen LogP contribution in [-0.2, 0) is 4.79 Å². The van der Waals surface area contributed by atoms with Crippen LogP contribution in [-0.4, -0.2) is 70.1 Å². The summed E-state index contributed by atoms with van der Waals surface area (Å²) in [5, 5.41) is 10.5. The van der Waals surface area contributed by atoms with Gasteiger partial charge in [0.05, 0.1) is 18.8 Å². The zero-order chi connectivity index (χ0) is 25.1. The van der Waals surface area contributed by atoms with E-state index in [9.17, 15) is 9.90 Å². The first-order chi connectivity index (χ1) is 16.8. The zero-order valence-corrected chi connectivity index (χ0v) is 21.9. The summed E-state index contributed by atoms with van der Waals surface area (Å²) < 4.78 is 0. The van der Waals surface area contributed by atoms with Crippen LogP contribution in [0.2, 0.25) is 0 Å². The first-order valence-corrected chi connectivity index (χ1v) is 13.0. The van der Waals surface area contributed by atoms with Crippen molar-refractivity contribution >= 4 is 16.8 Å². The summed E-state index contributed by atoms with van der Waals surface area (Å²) in [5.41, 5.74) is 8.45. The van der Waals surface area contributed by atoms with Gasteiger partial charge in [-0.3, -0.25) is 14.7 Å². The first-order valence-electron chi connectivity index (χ1n) is 13.0. The molecule has 0 radical (unpaired) electrons. The molecule has 0 spiro atoms. The second-order valence-electron chi connectivity index (χ2n) is 10.3. The van der Waals surface area contributed by atoms with Crippen LogP contribution in [0.3, 0.4) is 0 Å². The predicted molar refractivity (Wildman–Crippen MR) is 143 cm³/mol. The van der Waals surface area contributed by atoms with Gasteiger partial charge in [0.2, 0.25) is 5.91 Å². The second kappa shape index (κ2) is 10.9. The van der Waals surface area contributed by atoms with Gasteiger partial charge < -0.3 is 15.0 Å². The first kappa shape index (κ1) is 25.4. The van der Waals surface area contributed by atoms with Crippen LogP contribution in [0.5, 0.6) is 0 Å². The maximum atomic E-state index is 12.6. The lowest BCUT2D eigenvalue weighted by Gasteiger charge is -2.33. The topological polar surface area (TPSA) is 72.5 Å². The minimum absolute atomic E-state index is 0.0176. The van der Waals surface area contributed by atoms with Crippen molar-refractivity contribution in [2.45, 2.75) is 59.3 Å². The molecular formula is C29H40N4O2. The van der Waals surface area contributed by atoms with Gasteiger partial charge in [-0.1, -0.05) is 19.9 Å². The van der Waals surface area contributed by atoms with Crippen LogP contribution in [0.15, 0.2) is 30.3 Å². The monoisotopic (exact) mass is 476 g/mol. The number of aromatic amines is 1. The largest absolute Gasteiger partial charge is 0.395 e. The number of nitrogens with one attached hydrogen (secondary N) is 1. The minimum Gasteiger partial charge on any atom is -0.395 e. The number of likely N-dealkylation sites (tertiary alicyclic amines) is 1. The Hall–Kier alpha value is -2.70. The van der Waals surface area contributed by atoms with Gasteiger partial charge in [0.15, 0.2) is 0 Å². The van der Waals surface area contributed by atoms with E-state index in [0.29, 0.717) is 31.5 Å². The van der Waals surface area contributed by atoms with E-state index in [1.165, 1.54) is 33.3 Å². The van der Waals surface area contributed by atoms with Crippen LogP contribution in [0.1, 0.15) is 68.0 Å². The van der Waals surface area contributed by atoms with Gasteiger partial charge in [-0.25, -0.2) is 0 Å². The number of hydrogen-bond donors (Lipinski definition) is 2. The average Bonchev–Trinajstić information content (AvgIpc) is 3.21. The summed E-state index contributed by atoms with van der Waals surface area (Å²) in [7, 11) is 0. The summed E-state index contributed by atoms with van der Waals surface area (Å²) in [6.45, 7) is 14.0. The van der Waals surface area contributed by atoms with Gasteiger partial charge in [-0.15, -0.1) is 0 Å². The van der Waals surface area contributed by atoms with Crippen molar-refractivity contribution in [1.82, 2.24) is 19.8 Å². The van der Waals surface area contributed by atoms with Crippen molar-refractivity contribution < 1.29 is 9.90 Å². The molecule has 1 fully saturated rings. The minimum atomic E-state index is 0.0176. The van der Waals surface area contributed by atoms with Crippen molar-refractivity contribution in [3.63, 3.8) is 0 Å². The molecule has 4 rings (SSSR count). The molecule has 1 amide bonds. The molecule has 6 heteroatoms. The van der Waals surface area contributed by atoms with E-state index >= 15 is 0 Å². The molecule has 1 aliphatic heterocycles. The number of amides is 1. The number of aliphatic hydroxyl groups excluding tert-OH is 1. The van der Waals surface area contributed by atoms with Crippen LogP contribution in [0, 0.1) is 13.8 Å². The van der Waals surface area contributed by atoms with Gasteiger partial charge in [0.1, 0.15) is 0 Å². The Labute approximate surface area is 209 Å². The van der Waals surface area contributed by atoms with E-state index in [-0.39, 0.29) is 12.5 Å². The molecule has 0 unspecified atom stereocenters. The Bertz CT molecular complexity index is 1150. The maximum absolute atomic E-state index is 12.6. The molecule has 3 aromatic rings. The molecule has 0 aliphatic carbocycles. The average molecular weight is 477 g/mol. The van der Waals surface area contributed by atoms with Crippen molar-refractivity contribution in [3.05, 3.63) is 52.8 Å². The SMILES string of the molecule is CCN(CCO)C(=O)CN1CCC(c2ccc3[nH]c(-c4cc(C)nc(C)c4)c(C(C)C)c3c2)CC1. The van der Waals surface area contributed by atoms with E-state index in [2.05, 4.69) is 72.9 Å². The Morgan fingerprint density at radius 3 is 2.46 bits per heavy atom. The molecule has 0 bridgehead atoms. The highest BCUT2D eigenvalue weighted by Crippen LogP contribution is 2.38. The third-order valence-corrected chi connectivity index (χ3v) is 7.33. The van der Waals surface area contributed by atoms with E-state index in [1.54, 1.807) is 4.90 Å². The number of H-pyrrole nitrogens is 1. The number of nitrogens with zero attached hydrogens (tertiary/aromatic N) is 3. The lowest BCUT2D eigenvalue weighted by molar-refractivity contribution is -0.133. The number of likely N-dealkylation sites (N-methyl/N-ethyl adjacent to an activating group) is 1. The van der Waals surface area contributed by atoms with E-state index in [4.69, 9.17) is 0 Å². The zero-order valence-electron chi connectivity index (χ0n) is 21.9. The van der Waals surface area contributed by atoms with E-state index in [1.807, 2.05) is 6.92 Å². The van der Waals surface area contributed by atoms with Crippen LogP contribution in [0.4, 0.5) is 0 Å². The molecule has 3 heterocycles. The lowest BCUT2D eigenvalue weighted by Crippen LogP contribution is -2.44. The van der Waals surface area contributed by atoms with Crippen molar-refractivity contribution in [2.75, 3.05) is 39.3 Å². The number of carbonyl (C=O) groups is 1. The van der Waals surface area contributed by atoms with Crippen LogP contribution in [0.25, 0.3) is 22.2 Å². The summed E-state index contributed by atoms with van der Waals surface area (Å²) in [5.74, 6) is 1.02. The fraction of sp³-hybridized carbons (Fsp3) is 0.517. The normalized spacial score (nSPS) is 15.3. The summed E-state index contributed by atoms with van der Waals surface area (Å²) in [6.07, 6.45) is 2.11. The highest BCUT2D eigenvalue weighted by atomic mass is 16.3. The Balaban J connectivity index is 1.53. The summed E-state index contributed by atoms with van der Waals surface area (Å²) >= 11 is 0. The third kappa shape index (κ3) is 5.60. The van der Waals surface area contributed by atoms with Gasteiger partial charge >= 0.3 is 0 Å². The number of carbonyl (C=O) groups excluding carboxylic acids is 1. The fourth-order valence-electron chi connectivity index (χ4n) is 5.59. The van der Waals surface area contributed by atoms with Crippen LogP contribution < -0.4 is 0 Å². The molecule has 1 saturated heterocycles. The van der Waals surface area contributed by atoms with Crippen molar-refractivity contribution in [1.29, 1.82) is 0 Å². The molecule has 188 valence electrons. The molecule has 6 nitrogen and oxygen atoms in total. The number of hydrogen-bond acceptors (Lipinski definition) is 4. The second-order valence-corrected chi connectivity index (χ2v) is 10.3. The predicted octanol–water partition coefficient (Wildman–Crippen LogP) is 4.99. The molecule has 2 aromatic heterocycles. The molecule has 0 saturated carbocycles. The number of fused-ring (bicyclic) bond motifs is 1. The fourth-order valence-corrected chi connectivity index (χ4v) is 5.59. The molecule has 1 aromatic carbocycles. The molecule has 1 aliphatic rings.